The van der Waals surface area contributed by atoms with Crippen LogP contribution < -0.4 is 0 Å². The minimum atomic E-state index is -8.92. The first-order valence-electron chi connectivity index (χ1n) is 11.2. The zero-order valence-electron chi connectivity index (χ0n) is 20.3. The van der Waals surface area contributed by atoms with Gasteiger partial charge in [-0.2, -0.15) is 74.6 Å². The van der Waals surface area contributed by atoms with Crippen LogP contribution in [0.4, 0.5) is 74.6 Å². The number of carbonyl (C=O) groups excluding carboxylic acids is 1. The Bertz CT molecular complexity index is 1060. The van der Waals surface area contributed by atoms with Crippen LogP contribution in [0.5, 0.6) is 0 Å². The van der Waals surface area contributed by atoms with Crippen molar-refractivity contribution in [3.05, 3.63) is 0 Å². The summed E-state index contributed by atoms with van der Waals surface area (Å²) in [5.74, 6) is -47.5. The van der Waals surface area contributed by atoms with Gasteiger partial charge in [-0.3, -0.25) is 4.79 Å². The van der Waals surface area contributed by atoms with Crippen LogP contribution in [-0.4, -0.2) is 83.0 Å². The summed E-state index contributed by atoms with van der Waals surface area (Å²) in [6, 6.07) is 0. The van der Waals surface area contributed by atoms with E-state index in [-0.39, 0.29) is 0 Å². The lowest BCUT2D eigenvalue weighted by Gasteiger charge is -2.42. The lowest BCUT2D eigenvalue weighted by molar-refractivity contribution is -0.458. The summed E-state index contributed by atoms with van der Waals surface area (Å²) in [7, 11) is -7.65. The monoisotopic (exact) mass is 698 g/mol. The number of hydrogen-bond donors (Lipinski definition) is 0. The number of ketones is 1. The van der Waals surface area contributed by atoms with Crippen LogP contribution in [0.1, 0.15) is 38.5 Å². The third-order valence-electron chi connectivity index (χ3n) is 6.28. The first-order chi connectivity index (χ1) is 18.4. The van der Waals surface area contributed by atoms with Gasteiger partial charge in [0, 0.05) is 5.92 Å². The lowest BCUT2D eigenvalue weighted by Crippen LogP contribution is -2.75. The molecule has 2 fully saturated rings. The highest BCUT2D eigenvalue weighted by Crippen LogP contribution is 2.64. The van der Waals surface area contributed by atoms with Crippen molar-refractivity contribution in [2.45, 2.75) is 85.5 Å². The number of carbonyl (C=O) groups is 1. The molecule has 42 heavy (non-hydrogen) atoms. The third-order valence-corrected chi connectivity index (χ3v) is 9.59. The van der Waals surface area contributed by atoms with Crippen molar-refractivity contribution in [2.24, 2.45) is 5.92 Å². The molecule has 4 nitrogen and oxygen atoms in total. The molecule has 2 aliphatic rings. The number of alkyl halides is 17. The van der Waals surface area contributed by atoms with Crippen LogP contribution in [0.2, 0.25) is 0 Å². The van der Waals surface area contributed by atoms with Crippen molar-refractivity contribution in [1.29, 1.82) is 0 Å². The average Bonchev–Trinajstić information content (AvgIpc) is 3.51. The van der Waals surface area contributed by atoms with Gasteiger partial charge < -0.3 is 4.55 Å². The van der Waals surface area contributed by atoms with Crippen molar-refractivity contribution in [1.82, 2.24) is 0 Å². The van der Waals surface area contributed by atoms with E-state index in [1.54, 1.807) is 0 Å². The average molecular weight is 698 g/mol. The van der Waals surface area contributed by atoms with E-state index in [1.807, 2.05) is 0 Å². The van der Waals surface area contributed by atoms with Gasteiger partial charge in [-0.05, 0) is 36.6 Å². The fraction of sp³-hybridized carbons (Fsp3) is 0.947. The van der Waals surface area contributed by atoms with E-state index in [9.17, 15) is 92.4 Å². The first-order valence-corrected chi connectivity index (χ1v) is 14.3. The lowest BCUT2D eigenvalue weighted by atomic mass is 9.91. The molecule has 250 valence electrons. The molecule has 2 rings (SSSR count). The molecular formula is C19H19F17O4S2. The molecule has 0 unspecified atom stereocenters. The second-order valence-corrected chi connectivity index (χ2v) is 13.0. The van der Waals surface area contributed by atoms with Gasteiger partial charge >= 0.3 is 47.0 Å². The van der Waals surface area contributed by atoms with E-state index in [4.69, 9.17) is 0 Å². The molecule has 1 aliphatic heterocycles. The Balaban J connectivity index is 0.000000554. The van der Waals surface area contributed by atoms with Gasteiger partial charge in [0.25, 0.3) is 0 Å². The van der Waals surface area contributed by atoms with Crippen LogP contribution >= 0.6 is 0 Å². The summed E-state index contributed by atoms with van der Waals surface area (Å²) in [6.07, 6.45) is -0.168. The minimum Gasteiger partial charge on any atom is -0.743 e. The quantitative estimate of drug-likeness (QED) is 0.146. The minimum absolute atomic E-state index is 0.466. The Kier molecular flexibility index (Phi) is 11.0. The summed E-state index contributed by atoms with van der Waals surface area (Å²) < 4.78 is 244. The van der Waals surface area contributed by atoms with Crippen LogP contribution in [-0.2, 0) is 25.8 Å². The van der Waals surface area contributed by atoms with Crippen LogP contribution in [0.25, 0.3) is 0 Å². The Morgan fingerprint density at radius 1 is 0.595 bits per heavy atom. The number of hydrogen-bond acceptors (Lipinski definition) is 4. The van der Waals surface area contributed by atoms with E-state index < -0.39 is 57.1 Å². The molecule has 0 bridgehead atoms. The highest BCUT2D eigenvalue weighted by Gasteiger charge is 2.95. The topological polar surface area (TPSA) is 74.3 Å². The van der Waals surface area contributed by atoms with Crippen LogP contribution in [0.3, 0.4) is 0 Å². The molecule has 0 radical (unpaired) electrons. The van der Waals surface area contributed by atoms with Gasteiger partial charge in [0.2, 0.25) is 0 Å². The van der Waals surface area contributed by atoms with Crippen molar-refractivity contribution < 1.29 is 92.4 Å². The van der Waals surface area contributed by atoms with Crippen molar-refractivity contribution in [3.63, 3.8) is 0 Å². The maximum Gasteiger partial charge on any atom is 0.460 e. The van der Waals surface area contributed by atoms with Crippen molar-refractivity contribution >= 4 is 26.8 Å². The highest BCUT2D eigenvalue weighted by atomic mass is 32.2. The maximum absolute atomic E-state index is 13.0. The smallest absolute Gasteiger partial charge is 0.460 e. The molecular weight excluding hydrogens is 679 g/mol. The molecule has 0 amide bonds. The van der Waals surface area contributed by atoms with Gasteiger partial charge in [0.1, 0.15) is 11.5 Å². The fourth-order valence-corrected chi connectivity index (χ4v) is 6.53. The predicted molar refractivity (Wildman–Crippen MR) is 109 cm³/mol. The third kappa shape index (κ3) is 6.42. The molecule has 1 heterocycles. The standard InChI is InChI=1S/C11H19OS.C8HF17O3S/c12-11(10-5-1-2-6-10)9-13-7-3-4-8-13;9-1(10,3(13,14)5(17,18)7(21,22)23)2(11,12)4(15,16)6(19,20)8(24,25)29(26,27)28/h10H,1-9H2;(H,26,27,28)/q+1;/p-1. The second kappa shape index (κ2) is 11.9. The largest absolute Gasteiger partial charge is 0.743 e. The van der Waals surface area contributed by atoms with E-state index in [0.717, 1.165) is 5.75 Å². The molecule has 0 atom stereocenters. The van der Waals surface area contributed by atoms with Gasteiger partial charge in [-0.25, -0.2) is 8.42 Å². The zero-order chi connectivity index (χ0) is 33.6. The SMILES string of the molecule is O=C(C[S+]1CCCC1)C1CCCC1.O=S(=O)([O-])C(F)(F)C(F)(F)C(F)(F)C(F)(F)C(F)(F)C(F)(F)C(F)(F)C(F)(F)F. The molecule has 1 saturated carbocycles. The molecule has 0 aromatic carbocycles. The van der Waals surface area contributed by atoms with E-state index in [2.05, 4.69) is 0 Å². The van der Waals surface area contributed by atoms with Gasteiger partial charge in [-0.1, -0.05) is 12.8 Å². The molecule has 0 N–H and O–H groups in total. The highest BCUT2D eigenvalue weighted by molar-refractivity contribution is 7.97. The summed E-state index contributed by atoms with van der Waals surface area (Å²) >= 11 is 0. The molecule has 1 saturated heterocycles. The van der Waals surface area contributed by atoms with Crippen LogP contribution in [0.15, 0.2) is 0 Å². The molecule has 0 aromatic heterocycles. The fourth-order valence-electron chi connectivity index (χ4n) is 3.73. The number of Topliss-reactive ketones (excluding diaryl/α,β-unsaturated/α-hetero) is 1. The Morgan fingerprint density at radius 2 is 0.929 bits per heavy atom. The summed E-state index contributed by atoms with van der Waals surface area (Å²) in [5.41, 5.74) is 0. The summed E-state index contributed by atoms with van der Waals surface area (Å²) in [5, 5.41) is -7.95. The first kappa shape index (κ1) is 38.8. The van der Waals surface area contributed by atoms with Crippen LogP contribution in [0, 0.1) is 5.92 Å². The van der Waals surface area contributed by atoms with Gasteiger partial charge in [-0.15, -0.1) is 0 Å². The maximum atomic E-state index is 13.0. The van der Waals surface area contributed by atoms with E-state index in [1.165, 1.54) is 50.0 Å². The second-order valence-electron chi connectivity index (χ2n) is 9.23. The Hall–Kier alpha value is -1.26. The summed E-state index contributed by atoms with van der Waals surface area (Å²) in [6.45, 7) is 0. The van der Waals surface area contributed by atoms with Crippen molar-refractivity contribution in [2.75, 3.05) is 17.3 Å². The molecule has 1 aliphatic carbocycles. The zero-order valence-corrected chi connectivity index (χ0v) is 21.9. The molecule has 0 spiro atoms. The summed E-state index contributed by atoms with van der Waals surface area (Å²) in [4.78, 5) is 11.8. The number of halogens is 17. The molecule has 23 heteroatoms. The Labute approximate surface area is 228 Å². The van der Waals surface area contributed by atoms with Gasteiger partial charge in [0.05, 0.1) is 0 Å². The normalized spacial score (nSPS) is 19.6. The predicted octanol–water partition coefficient (Wildman–Crippen LogP) is 6.66. The van der Waals surface area contributed by atoms with Crippen molar-refractivity contribution in [3.8, 4) is 0 Å². The molecule has 0 aromatic rings. The Morgan fingerprint density at radius 3 is 1.26 bits per heavy atom. The van der Waals surface area contributed by atoms with Gasteiger partial charge in [0.15, 0.2) is 21.7 Å². The number of rotatable bonds is 10. The van der Waals surface area contributed by atoms with E-state index in [0.29, 0.717) is 22.6 Å². The van der Waals surface area contributed by atoms with E-state index >= 15 is 0 Å².